The largest absolute Gasteiger partial charge is 0.448 e. The molecule has 0 fully saturated rings. The molecule has 0 radical (unpaired) electrons. The zero-order chi connectivity index (χ0) is 21.0. The Balaban J connectivity index is 1.66. The van der Waals surface area contributed by atoms with Crippen LogP contribution in [0.4, 0.5) is 10.1 Å². The molecular formula is C21H16FN3O3S. The number of aryl methyl sites for hydroxylation is 1. The minimum absolute atomic E-state index is 0.280. The number of hydrogen-bond acceptors (Lipinski definition) is 6. The normalized spacial score (nSPS) is 11.4. The molecule has 0 spiro atoms. The van der Waals surface area contributed by atoms with E-state index in [0.717, 1.165) is 11.3 Å². The van der Waals surface area contributed by atoms with Crippen LogP contribution in [0.1, 0.15) is 27.9 Å². The number of benzene rings is 2. The number of thiazole rings is 1. The van der Waals surface area contributed by atoms with Crippen LogP contribution < -0.4 is 5.32 Å². The van der Waals surface area contributed by atoms with Gasteiger partial charge in [-0.2, -0.15) is 5.26 Å². The summed E-state index contributed by atoms with van der Waals surface area (Å²) in [5.74, 6) is -1.51. The Hall–Kier alpha value is -3.57. The smallest absolute Gasteiger partial charge is 0.351 e. The molecule has 1 heterocycles. The van der Waals surface area contributed by atoms with E-state index < -0.39 is 18.0 Å². The van der Waals surface area contributed by atoms with E-state index in [1.807, 2.05) is 6.07 Å². The van der Waals surface area contributed by atoms with Gasteiger partial charge in [-0.1, -0.05) is 0 Å². The lowest BCUT2D eigenvalue weighted by Gasteiger charge is -2.13. The van der Waals surface area contributed by atoms with Crippen molar-refractivity contribution >= 4 is 28.9 Å². The van der Waals surface area contributed by atoms with E-state index in [1.165, 1.54) is 19.1 Å². The molecule has 0 unspecified atom stereocenters. The molecular weight excluding hydrogens is 393 g/mol. The summed E-state index contributed by atoms with van der Waals surface area (Å²) < 4.78 is 18.4. The maximum Gasteiger partial charge on any atom is 0.351 e. The Morgan fingerprint density at radius 3 is 2.45 bits per heavy atom. The van der Waals surface area contributed by atoms with E-state index >= 15 is 0 Å². The second-order valence-electron chi connectivity index (χ2n) is 6.17. The van der Waals surface area contributed by atoms with E-state index in [4.69, 9.17) is 10.00 Å². The van der Waals surface area contributed by atoms with Crippen molar-refractivity contribution in [2.45, 2.75) is 20.0 Å². The Morgan fingerprint density at radius 2 is 1.83 bits per heavy atom. The average molecular weight is 409 g/mol. The maximum absolute atomic E-state index is 13.1. The summed E-state index contributed by atoms with van der Waals surface area (Å²) >= 11 is 1.12. The van der Waals surface area contributed by atoms with Gasteiger partial charge in [-0.15, -0.1) is 11.3 Å². The third-order valence-corrected chi connectivity index (χ3v) is 5.19. The molecule has 146 valence electrons. The fourth-order valence-corrected chi connectivity index (χ4v) is 3.40. The van der Waals surface area contributed by atoms with Gasteiger partial charge in [0.2, 0.25) is 0 Å². The number of nitrogens with one attached hydrogen (secondary N) is 1. The second kappa shape index (κ2) is 8.63. The molecule has 0 aliphatic carbocycles. The molecule has 0 aliphatic rings. The zero-order valence-corrected chi connectivity index (χ0v) is 16.4. The first-order chi connectivity index (χ1) is 13.9. The number of halogens is 1. The Morgan fingerprint density at radius 1 is 1.17 bits per heavy atom. The zero-order valence-electron chi connectivity index (χ0n) is 15.6. The molecule has 6 nitrogen and oxygen atoms in total. The number of carbonyl (C=O) groups excluding carboxylic acids is 2. The van der Waals surface area contributed by atoms with Crippen LogP contribution >= 0.6 is 11.3 Å². The highest BCUT2D eigenvalue weighted by atomic mass is 32.1. The molecule has 1 atom stereocenters. The third-order valence-electron chi connectivity index (χ3n) is 4.01. The lowest BCUT2D eigenvalue weighted by atomic mass is 10.2. The number of anilines is 1. The van der Waals surface area contributed by atoms with Crippen molar-refractivity contribution < 1.29 is 18.7 Å². The van der Waals surface area contributed by atoms with E-state index in [0.29, 0.717) is 27.5 Å². The minimum atomic E-state index is -1.03. The molecule has 1 aromatic heterocycles. The van der Waals surface area contributed by atoms with Crippen LogP contribution in [0.3, 0.4) is 0 Å². The van der Waals surface area contributed by atoms with Crippen LogP contribution in [0, 0.1) is 24.1 Å². The molecule has 0 aliphatic heterocycles. The number of nitrogens with zero attached hydrogens (tertiary/aromatic N) is 2. The number of rotatable bonds is 5. The van der Waals surface area contributed by atoms with Gasteiger partial charge in [-0.3, -0.25) is 4.79 Å². The van der Waals surface area contributed by atoms with Gasteiger partial charge < -0.3 is 10.1 Å². The van der Waals surface area contributed by atoms with Crippen molar-refractivity contribution in [3.05, 3.63) is 70.5 Å². The highest BCUT2D eigenvalue weighted by molar-refractivity contribution is 7.17. The first-order valence-electron chi connectivity index (χ1n) is 8.62. The molecule has 3 aromatic rings. The van der Waals surface area contributed by atoms with Gasteiger partial charge in [0, 0.05) is 11.3 Å². The van der Waals surface area contributed by atoms with Crippen LogP contribution in [0.25, 0.3) is 10.6 Å². The van der Waals surface area contributed by atoms with Gasteiger partial charge in [0.25, 0.3) is 5.91 Å². The quantitative estimate of drug-likeness (QED) is 0.634. The van der Waals surface area contributed by atoms with Crippen molar-refractivity contribution in [2.75, 3.05) is 5.32 Å². The third kappa shape index (κ3) is 4.83. The van der Waals surface area contributed by atoms with Crippen LogP contribution in [-0.4, -0.2) is 23.0 Å². The number of hydrogen-bond donors (Lipinski definition) is 1. The van der Waals surface area contributed by atoms with E-state index in [9.17, 15) is 14.0 Å². The van der Waals surface area contributed by atoms with Gasteiger partial charge in [-0.25, -0.2) is 14.2 Å². The number of aromatic nitrogens is 1. The summed E-state index contributed by atoms with van der Waals surface area (Å²) in [5, 5.41) is 12.0. The highest BCUT2D eigenvalue weighted by Crippen LogP contribution is 2.28. The van der Waals surface area contributed by atoms with Gasteiger partial charge in [0.05, 0.1) is 17.3 Å². The molecule has 3 rings (SSSR count). The van der Waals surface area contributed by atoms with Gasteiger partial charge in [-0.05, 0) is 62.4 Å². The molecule has 2 aromatic carbocycles. The maximum atomic E-state index is 13.1. The lowest BCUT2D eigenvalue weighted by Crippen LogP contribution is -2.29. The first kappa shape index (κ1) is 20.2. The standard InChI is InChI=1S/C21H16FN3O3S/c1-12-18(29-20(24-12)15-5-7-16(22)8-6-15)21(27)28-13(2)19(26)25-17-9-3-14(11-23)4-10-17/h3-10,13H,1-2H3,(H,25,26)/t13-/m0/s1. The number of nitriles is 1. The van der Waals surface area contributed by atoms with Crippen LogP contribution in [0.2, 0.25) is 0 Å². The molecule has 0 saturated carbocycles. The van der Waals surface area contributed by atoms with E-state index in [-0.39, 0.29) is 10.7 Å². The summed E-state index contributed by atoms with van der Waals surface area (Å²) in [5.41, 5.74) is 2.12. The Labute approximate surface area is 170 Å². The molecule has 8 heteroatoms. The fraction of sp³-hybridized carbons (Fsp3) is 0.143. The van der Waals surface area contributed by atoms with Crippen molar-refractivity contribution in [3.63, 3.8) is 0 Å². The molecule has 0 saturated heterocycles. The number of amides is 1. The summed E-state index contributed by atoms with van der Waals surface area (Å²) in [6.07, 6.45) is -1.03. The Bertz CT molecular complexity index is 1090. The fourth-order valence-electron chi connectivity index (χ4n) is 2.44. The number of carbonyl (C=O) groups is 2. The highest BCUT2D eigenvalue weighted by Gasteiger charge is 2.23. The van der Waals surface area contributed by atoms with Gasteiger partial charge in [0.1, 0.15) is 15.7 Å². The minimum Gasteiger partial charge on any atom is -0.448 e. The summed E-state index contributed by atoms with van der Waals surface area (Å²) in [7, 11) is 0. The van der Waals surface area contributed by atoms with E-state index in [1.54, 1.807) is 43.3 Å². The van der Waals surface area contributed by atoms with Crippen molar-refractivity contribution in [3.8, 4) is 16.6 Å². The van der Waals surface area contributed by atoms with E-state index in [2.05, 4.69) is 10.3 Å². The molecule has 0 bridgehead atoms. The van der Waals surface area contributed by atoms with Crippen molar-refractivity contribution in [2.24, 2.45) is 0 Å². The summed E-state index contributed by atoms with van der Waals surface area (Å²) in [4.78, 5) is 29.4. The van der Waals surface area contributed by atoms with Crippen molar-refractivity contribution in [1.29, 1.82) is 5.26 Å². The van der Waals surface area contributed by atoms with Gasteiger partial charge in [0.15, 0.2) is 6.10 Å². The van der Waals surface area contributed by atoms with Crippen LogP contribution in [0.5, 0.6) is 0 Å². The molecule has 1 N–H and O–H groups in total. The average Bonchev–Trinajstić information content (AvgIpc) is 3.10. The SMILES string of the molecule is Cc1nc(-c2ccc(F)cc2)sc1C(=O)O[C@@H](C)C(=O)Nc1ccc(C#N)cc1. The summed E-state index contributed by atoms with van der Waals surface area (Å²) in [6, 6.07) is 14.1. The van der Waals surface area contributed by atoms with Crippen LogP contribution in [-0.2, 0) is 9.53 Å². The first-order valence-corrected chi connectivity index (χ1v) is 9.44. The lowest BCUT2D eigenvalue weighted by molar-refractivity contribution is -0.123. The van der Waals surface area contributed by atoms with Crippen LogP contribution in [0.15, 0.2) is 48.5 Å². The Kier molecular flexibility index (Phi) is 6.00. The summed E-state index contributed by atoms with van der Waals surface area (Å²) in [6.45, 7) is 3.13. The van der Waals surface area contributed by atoms with Crippen molar-refractivity contribution in [1.82, 2.24) is 4.98 Å². The molecule has 29 heavy (non-hydrogen) atoms. The monoisotopic (exact) mass is 409 g/mol. The number of esters is 1. The molecule has 1 amide bonds. The predicted octanol–water partition coefficient (Wildman–Crippen LogP) is 4.31. The van der Waals surface area contributed by atoms with Gasteiger partial charge >= 0.3 is 5.97 Å². The topological polar surface area (TPSA) is 92.1 Å². The predicted molar refractivity (Wildman–Crippen MR) is 107 cm³/mol. The number of ether oxygens (including phenoxy) is 1. The second-order valence-corrected chi connectivity index (χ2v) is 7.17.